The first-order chi connectivity index (χ1) is 8.58. The molecule has 1 rings (SSSR count). The van der Waals surface area contributed by atoms with E-state index in [1.807, 2.05) is 19.0 Å². The van der Waals surface area contributed by atoms with E-state index in [9.17, 15) is 4.79 Å². The van der Waals surface area contributed by atoms with Crippen molar-refractivity contribution in [3.8, 4) is 0 Å². The van der Waals surface area contributed by atoms with E-state index in [1.54, 1.807) is 4.90 Å². The molecule has 0 aromatic heterocycles. The molecule has 106 valence electrons. The van der Waals surface area contributed by atoms with Crippen LogP contribution in [0.15, 0.2) is 0 Å². The van der Waals surface area contributed by atoms with Crippen LogP contribution in [0.3, 0.4) is 0 Å². The number of urea groups is 1. The Labute approximate surface area is 112 Å². The molecule has 0 bridgehead atoms. The summed E-state index contributed by atoms with van der Waals surface area (Å²) in [6, 6.07) is 0.741. The Bertz CT molecular complexity index is 243. The van der Waals surface area contributed by atoms with Crippen LogP contribution in [0.4, 0.5) is 4.79 Å². The predicted molar refractivity (Wildman–Crippen MR) is 75.8 cm³/mol. The van der Waals surface area contributed by atoms with Crippen LogP contribution in [-0.4, -0.2) is 55.6 Å². The summed E-state index contributed by atoms with van der Waals surface area (Å²) in [7, 11) is 3.64. The van der Waals surface area contributed by atoms with E-state index in [0.717, 1.165) is 38.4 Å². The number of likely N-dealkylation sites (tertiary alicyclic amines) is 1. The van der Waals surface area contributed by atoms with Crippen LogP contribution in [0.2, 0.25) is 0 Å². The molecule has 0 aromatic rings. The number of hydrogen-bond donors (Lipinski definition) is 1. The molecule has 4 nitrogen and oxygen atoms in total. The van der Waals surface area contributed by atoms with Crippen LogP contribution in [0.25, 0.3) is 0 Å². The van der Waals surface area contributed by atoms with E-state index in [1.165, 1.54) is 12.8 Å². The lowest BCUT2D eigenvalue weighted by molar-refractivity contribution is 0.151. The Morgan fingerprint density at radius 1 is 1.28 bits per heavy atom. The SMILES string of the molecule is CCC(CC)CNC1CCN(C(=O)N(C)C)CC1. The smallest absolute Gasteiger partial charge is 0.319 e. The van der Waals surface area contributed by atoms with Crippen molar-refractivity contribution in [3.63, 3.8) is 0 Å². The molecule has 18 heavy (non-hydrogen) atoms. The summed E-state index contributed by atoms with van der Waals surface area (Å²) < 4.78 is 0. The van der Waals surface area contributed by atoms with E-state index >= 15 is 0 Å². The third kappa shape index (κ3) is 4.48. The molecule has 1 aliphatic rings. The van der Waals surface area contributed by atoms with Crippen LogP contribution >= 0.6 is 0 Å². The Kier molecular flexibility index (Phi) is 6.47. The number of piperidine rings is 1. The van der Waals surface area contributed by atoms with Crippen molar-refractivity contribution in [2.45, 2.75) is 45.6 Å². The Hall–Kier alpha value is -0.770. The Balaban J connectivity index is 2.25. The fourth-order valence-electron chi connectivity index (χ4n) is 2.47. The number of rotatable bonds is 5. The fraction of sp³-hybridized carbons (Fsp3) is 0.929. The molecule has 0 radical (unpaired) electrons. The number of carbonyl (C=O) groups excluding carboxylic acids is 1. The maximum absolute atomic E-state index is 11.8. The maximum Gasteiger partial charge on any atom is 0.319 e. The Morgan fingerprint density at radius 2 is 1.83 bits per heavy atom. The van der Waals surface area contributed by atoms with E-state index in [0.29, 0.717) is 6.04 Å². The normalized spacial score (nSPS) is 17.3. The summed E-state index contributed by atoms with van der Waals surface area (Å²) in [5, 5.41) is 3.66. The van der Waals surface area contributed by atoms with Gasteiger partial charge in [0.2, 0.25) is 0 Å². The monoisotopic (exact) mass is 255 g/mol. The average Bonchev–Trinajstić information content (AvgIpc) is 2.39. The van der Waals surface area contributed by atoms with Crippen LogP contribution < -0.4 is 5.32 Å². The van der Waals surface area contributed by atoms with Gasteiger partial charge in [-0.25, -0.2) is 4.79 Å². The van der Waals surface area contributed by atoms with E-state index < -0.39 is 0 Å². The number of carbonyl (C=O) groups is 1. The number of hydrogen-bond acceptors (Lipinski definition) is 2. The van der Waals surface area contributed by atoms with Gasteiger partial charge in [0.05, 0.1) is 0 Å². The standard InChI is InChI=1S/C14H29N3O/c1-5-12(6-2)11-15-13-7-9-17(10-8-13)14(18)16(3)4/h12-13,15H,5-11H2,1-4H3. The topological polar surface area (TPSA) is 35.6 Å². The highest BCUT2D eigenvalue weighted by Crippen LogP contribution is 2.13. The van der Waals surface area contributed by atoms with Gasteiger partial charge in [-0.3, -0.25) is 0 Å². The molecular formula is C14H29N3O. The van der Waals surface area contributed by atoms with Crippen molar-refractivity contribution < 1.29 is 4.79 Å². The molecule has 1 saturated heterocycles. The third-order valence-electron chi connectivity index (χ3n) is 4.00. The Morgan fingerprint density at radius 3 is 2.28 bits per heavy atom. The molecule has 4 heteroatoms. The lowest BCUT2D eigenvalue weighted by Gasteiger charge is -2.34. The first-order valence-electron chi connectivity index (χ1n) is 7.28. The van der Waals surface area contributed by atoms with Crippen molar-refractivity contribution in [2.24, 2.45) is 5.92 Å². The minimum atomic E-state index is 0.147. The number of nitrogens with zero attached hydrogens (tertiary/aromatic N) is 2. The molecule has 0 aliphatic carbocycles. The van der Waals surface area contributed by atoms with Gasteiger partial charge in [-0.05, 0) is 25.3 Å². The largest absolute Gasteiger partial charge is 0.331 e. The van der Waals surface area contributed by atoms with Crippen molar-refractivity contribution in [1.82, 2.24) is 15.1 Å². The van der Waals surface area contributed by atoms with Crippen molar-refractivity contribution in [3.05, 3.63) is 0 Å². The summed E-state index contributed by atoms with van der Waals surface area (Å²) in [5.41, 5.74) is 0. The van der Waals surface area contributed by atoms with E-state index in [4.69, 9.17) is 0 Å². The van der Waals surface area contributed by atoms with Crippen LogP contribution in [0, 0.1) is 5.92 Å². The van der Waals surface area contributed by atoms with Crippen molar-refractivity contribution in [2.75, 3.05) is 33.7 Å². The molecule has 1 aliphatic heterocycles. The van der Waals surface area contributed by atoms with E-state index in [2.05, 4.69) is 19.2 Å². The molecule has 2 amide bonds. The van der Waals surface area contributed by atoms with Gasteiger partial charge in [0.15, 0.2) is 0 Å². The number of amides is 2. The van der Waals surface area contributed by atoms with Crippen LogP contribution in [0.5, 0.6) is 0 Å². The third-order valence-corrected chi connectivity index (χ3v) is 4.00. The lowest BCUT2D eigenvalue weighted by Crippen LogP contribution is -2.48. The van der Waals surface area contributed by atoms with Gasteiger partial charge in [-0.15, -0.1) is 0 Å². The van der Waals surface area contributed by atoms with E-state index in [-0.39, 0.29) is 6.03 Å². The summed E-state index contributed by atoms with van der Waals surface area (Å²) in [6.07, 6.45) is 4.67. The second-order valence-electron chi connectivity index (χ2n) is 5.53. The highest BCUT2D eigenvalue weighted by Gasteiger charge is 2.23. The molecule has 1 heterocycles. The lowest BCUT2D eigenvalue weighted by atomic mass is 10.0. The first kappa shape index (κ1) is 15.3. The van der Waals surface area contributed by atoms with Gasteiger partial charge in [0.25, 0.3) is 0 Å². The zero-order chi connectivity index (χ0) is 13.5. The van der Waals surface area contributed by atoms with Gasteiger partial charge >= 0.3 is 6.03 Å². The molecule has 0 saturated carbocycles. The van der Waals surface area contributed by atoms with Gasteiger partial charge in [0, 0.05) is 33.2 Å². The van der Waals surface area contributed by atoms with Crippen LogP contribution in [0.1, 0.15) is 39.5 Å². The van der Waals surface area contributed by atoms with Gasteiger partial charge in [-0.2, -0.15) is 0 Å². The molecule has 0 spiro atoms. The average molecular weight is 255 g/mol. The highest BCUT2D eigenvalue weighted by atomic mass is 16.2. The van der Waals surface area contributed by atoms with Crippen molar-refractivity contribution >= 4 is 6.03 Å². The molecule has 0 aromatic carbocycles. The maximum atomic E-state index is 11.8. The first-order valence-corrected chi connectivity index (χ1v) is 7.28. The predicted octanol–water partition coefficient (Wildman–Crippen LogP) is 2.16. The minimum Gasteiger partial charge on any atom is -0.331 e. The summed E-state index contributed by atoms with van der Waals surface area (Å²) in [4.78, 5) is 15.4. The zero-order valence-corrected chi connectivity index (χ0v) is 12.4. The quantitative estimate of drug-likeness (QED) is 0.817. The van der Waals surface area contributed by atoms with Crippen molar-refractivity contribution in [1.29, 1.82) is 0 Å². The summed E-state index contributed by atoms with van der Waals surface area (Å²) in [6.45, 7) is 7.41. The fourth-order valence-corrected chi connectivity index (χ4v) is 2.47. The summed E-state index contributed by atoms with van der Waals surface area (Å²) >= 11 is 0. The van der Waals surface area contributed by atoms with Gasteiger partial charge < -0.3 is 15.1 Å². The summed E-state index contributed by atoms with van der Waals surface area (Å²) in [5.74, 6) is 0.798. The molecule has 1 N–H and O–H groups in total. The second kappa shape index (κ2) is 7.62. The minimum absolute atomic E-state index is 0.147. The molecule has 0 atom stereocenters. The van der Waals surface area contributed by atoms with Gasteiger partial charge in [0.1, 0.15) is 0 Å². The second-order valence-corrected chi connectivity index (χ2v) is 5.53. The zero-order valence-electron chi connectivity index (χ0n) is 12.4. The highest BCUT2D eigenvalue weighted by molar-refractivity contribution is 5.73. The molecule has 1 fully saturated rings. The number of nitrogens with one attached hydrogen (secondary N) is 1. The molecular weight excluding hydrogens is 226 g/mol. The van der Waals surface area contributed by atoms with Crippen LogP contribution in [-0.2, 0) is 0 Å². The van der Waals surface area contributed by atoms with Gasteiger partial charge in [-0.1, -0.05) is 26.7 Å². The molecule has 0 unspecified atom stereocenters.